The van der Waals surface area contributed by atoms with Gasteiger partial charge in [0.1, 0.15) is 11.5 Å². The molecule has 0 aliphatic rings. The van der Waals surface area contributed by atoms with Crippen LogP contribution in [0.5, 0.6) is 11.5 Å². The molecule has 0 aliphatic carbocycles. The van der Waals surface area contributed by atoms with Crippen molar-refractivity contribution in [3.05, 3.63) is 95.1 Å². The molecule has 0 aromatic heterocycles. The van der Waals surface area contributed by atoms with E-state index in [1.807, 2.05) is 72.8 Å². The molecule has 30 heavy (non-hydrogen) atoms. The molecule has 146 valence electrons. The first-order valence-corrected chi connectivity index (χ1v) is 10.0. The van der Waals surface area contributed by atoms with Crippen LogP contribution in [0.2, 0.25) is 0 Å². The molecule has 0 radical (unpaired) electrons. The minimum atomic E-state index is 0.490. The maximum absolute atomic E-state index is 5.38. The van der Waals surface area contributed by atoms with Crippen molar-refractivity contribution in [2.24, 2.45) is 0 Å². The number of benzene rings is 3. The molecule has 0 saturated heterocycles. The third kappa shape index (κ3) is 6.87. The van der Waals surface area contributed by atoms with Crippen LogP contribution in [0.15, 0.2) is 72.8 Å². The van der Waals surface area contributed by atoms with Crippen LogP contribution in [0.3, 0.4) is 0 Å². The molecule has 0 heterocycles. The van der Waals surface area contributed by atoms with E-state index in [9.17, 15) is 0 Å². The highest BCUT2D eigenvalue weighted by Crippen LogP contribution is 2.13. The fourth-order valence-corrected chi connectivity index (χ4v) is 2.66. The second-order valence-electron chi connectivity index (χ2n) is 6.31. The van der Waals surface area contributed by atoms with Crippen molar-refractivity contribution in [2.75, 3.05) is 0 Å². The Balaban J connectivity index is 1.63. The largest absolute Gasteiger partial charge is 0.451 e. The van der Waals surface area contributed by atoms with E-state index in [0.29, 0.717) is 21.6 Å². The predicted octanol–water partition coefficient (Wildman–Crippen LogP) is 5.94. The van der Waals surface area contributed by atoms with Gasteiger partial charge in [0.25, 0.3) is 0 Å². The van der Waals surface area contributed by atoms with Gasteiger partial charge in [0, 0.05) is 36.1 Å². The molecule has 0 amide bonds. The van der Waals surface area contributed by atoms with E-state index in [1.165, 1.54) is 0 Å². The average Bonchev–Trinajstić information content (AvgIpc) is 2.73. The van der Waals surface area contributed by atoms with Crippen molar-refractivity contribution in [3.63, 3.8) is 0 Å². The van der Waals surface area contributed by atoms with Gasteiger partial charge in [-0.15, -0.1) is 0 Å². The fourth-order valence-electron chi connectivity index (χ4n) is 2.47. The zero-order valence-corrected chi connectivity index (χ0v) is 18.2. The standard InChI is InChI=1S/C26H18O2S2/c1-19(29)27-25-15-11-23(12-16-25)9-7-21-3-5-22(6-4-21)8-10-24-13-17-26(18-14-24)28-20(2)30/h3-6,11-18H,1-2H3. The van der Waals surface area contributed by atoms with E-state index in [2.05, 4.69) is 23.7 Å². The summed E-state index contributed by atoms with van der Waals surface area (Å²) >= 11 is 9.86. The molecule has 0 fully saturated rings. The monoisotopic (exact) mass is 426 g/mol. The summed E-state index contributed by atoms with van der Waals surface area (Å²) in [5, 5.41) is 0.980. The molecule has 3 aromatic carbocycles. The molecule has 0 spiro atoms. The highest BCUT2D eigenvalue weighted by atomic mass is 32.1. The van der Waals surface area contributed by atoms with Gasteiger partial charge < -0.3 is 9.47 Å². The lowest BCUT2D eigenvalue weighted by atomic mass is 10.1. The van der Waals surface area contributed by atoms with Gasteiger partial charge in [-0.1, -0.05) is 23.7 Å². The minimum Gasteiger partial charge on any atom is -0.451 e. The Bertz CT molecular complexity index is 1070. The lowest BCUT2D eigenvalue weighted by Crippen LogP contribution is -1.98. The molecular formula is C26H18O2S2. The third-order valence-corrected chi connectivity index (χ3v) is 3.99. The predicted molar refractivity (Wildman–Crippen MR) is 129 cm³/mol. The van der Waals surface area contributed by atoms with Crippen LogP contribution in [0.25, 0.3) is 0 Å². The van der Waals surface area contributed by atoms with Crippen molar-refractivity contribution >= 4 is 34.5 Å². The van der Waals surface area contributed by atoms with Gasteiger partial charge in [0.05, 0.1) is 0 Å². The Morgan fingerprint density at radius 1 is 0.500 bits per heavy atom. The van der Waals surface area contributed by atoms with Gasteiger partial charge in [0.2, 0.25) is 0 Å². The summed E-state index contributed by atoms with van der Waals surface area (Å²) in [6, 6.07) is 22.9. The van der Waals surface area contributed by atoms with E-state index in [4.69, 9.17) is 33.9 Å². The summed E-state index contributed by atoms with van der Waals surface area (Å²) in [5.41, 5.74) is 3.66. The first-order chi connectivity index (χ1) is 14.5. The van der Waals surface area contributed by atoms with Gasteiger partial charge in [-0.2, -0.15) is 0 Å². The zero-order valence-electron chi connectivity index (χ0n) is 16.6. The molecular weight excluding hydrogens is 408 g/mol. The molecule has 0 aliphatic heterocycles. The van der Waals surface area contributed by atoms with Crippen LogP contribution in [-0.4, -0.2) is 10.1 Å². The topological polar surface area (TPSA) is 18.5 Å². The maximum Gasteiger partial charge on any atom is 0.164 e. The van der Waals surface area contributed by atoms with Crippen LogP contribution in [-0.2, 0) is 0 Å². The molecule has 3 aromatic rings. The first-order valence-electron chi connectivity index (χ1n) is 9.19. The van der Waals surface area contributed by atoms with E-state index >= 15 is 0 Å². The molecule has 0 bridgehead atoms. The van der Waals surface area contributed by atoms with Crippen molar-refractivity contribution < 1.29 is 9.47 Å². The normalized spacial score (nSPS) is 9.40. The SMILES string of the molecule is CC(=S)Oc1ccc(C#Cc2ccc(C#Cc3ccc(OC(C)=S)cc3)cc2)cc1. The Hall–Kier alpha value is -3.44. The van der Waals surface area contributed by atoms with E-state index in [1.54, 1.807) is 13.8 Å². The molecule has 0 N–H and O–H groups in total. The Kier molecular flexibility index (Phi) is 7.35. The Morgan fingerprint density at radius 2 is 0.733 bits per heavy atom. The van der Waals surface area contributed by atoms with Gasteiger partial charge in [-0.3, -0.25) is 0 Å². The third-order valence-electron chi connectivity index (χ3n) is 3.82. The maximum atomic E-state index is 5.38. The van der Waals surface area contributed by atoms with Gasteiger partial charge in [-0.25, -0.2) is 0 Å². The van der Waals surface area contributed by atoms with Crippen molar-refractivity contribution in [3.8, 4) is 35.2 Å². The average molecular weight is 427 g/mol. The molecule has 2 nitrogen and oxygen atoms in total. The lowest BCUT2D eigenvalue weighted by molar-refractivity contribution is 0.561. The van der Waals surface area contributed by atoms with Crippen LogP contribution in [0.4, 0.5) is 0 Å². The molecule has 3 rings (SSSR count). The van der Waals surface area contributed by atoms with E-state index in [0.717, 1.165) is 22.3 Å². The fraction of sp³-hybridized carbons (Fsp3) is 0.0769. The van der Waals surface area contributed by atoms with E-state index < -0.39 is 0 Å². The molecule has 4 heteroatoms. The molecule has 0 unspecified atom stereocenters. The number of thiocarbonyl (C=S) groups is 2. The zero-order chi connectivity index (χ0) is 21.3. The summed E-state index contributed by atoms with van der Waals surface area (Å²) in [5.74, 6) is 14.0. The number of hydrogen-bond acceptors (Lipinski definition) is 4. The summed E-state index contributed by atoms with van der Waals surface area (Å²) < 4.78 is 10.8. The van der Waals surface area contributed by atoms with Gasteiger partial charge in [0.15, 0.2) is 10.1 Å². The highest BCUT2D eigenvalue weighted by Gasteiger charge is 1.96. The van der Waals surface area contributed by atoms with Crippen molar-refractivity contribution in [1.82, 2.24) is 0 Å². The Morgan fingerprint density at radius 3 is 0.967 bits per heavy atom. The first kappa shape index (κ1) is 21.3. The minimum absolute atomic E-state index is 0.490. The smallest absolute Gasteiger partial charge is 0.164 e. The lowest BCUT2D eigenvalue weighted by Gasteiger charge is -2.02. The van der Waals surface area contributed by atoms with Gasteiger partial charge >= 0.3 is 0 Å². The van der Waals surface area contributed by atoms with Crippen LogP contribution in [0.1, 0.15) is 36.1 Å². The van der Waals surface area contributed by atoms with Crippen molar-refractivity contribution in [2.45, 2.75) is 13.8 Å². The summed E-state index contributed by atoms with van der Waals surface area (Å²) in [4.78, 5) is 0. The van der Waals surface area contributed by atoms with Crippen LogP contribution in [0, 0.1) is 23.7 Å². The quantitative estimate of drug-likeness (QED) is 0.373. The summed E-state index contributed by atoms with van der Waals surface area (Å²) in [6.45, 7) is 3.48. The molecule has 0 saturated carbocycles. The number of rotatable bonds is 2. The second kappa shape index (κ2) is 10.4. The highest BCUT2D eigenvalue weighted by molar-refractivity contribution is 7.80. The summed E-state index contributed by atoms with van der Waals surface area (Å²) in [7, 11) is 0. The number of hydrogen-bond donors (Lipinski definition) is 0. The van der Waals surface area contributed by atoms with Crippen molar-refractivity contribution in [1.29, 1.82) is 0 Å². The Labute approximate surface area is 187 Å². The second-order valence-corrected chi connectivity index (χ2v) is 7.46. The van der Waals surface area contributed by atoms with Gasteiger partial charge in [-0.05, 0) is 97.2 Å². The number of ether oxygens (including phenoxy) is 2. The summed E-state index contributed by atoms with van der Waals surface area (Å²) in [6.07, 6.45) is 0. The van der Waals surface area contributed by atoms with E-state index in [-0.39, 0.29) is 0 Å². The van der Waals surface area contributed by atoms with Crippen LogP contribution < -0.4 is 9.47 Å². The molecule has 0 atom stereocenters. The van der Waals surface area contributed by atoms with Crippen LogP contribution >= 0.6 is 24.4 Å².